The van der Waals surface area contributed by atoms with Gasteiger partial charge in [-0.05, 0) is 13.0 Å². The van der Waals surface area contributed by atoms with Crippen LogP contribution in [0.3, 0.4) is 0 Å². The van der Waals surface area contributed by atoms with Gasteiger partial charge in [0, 0.05) is 11.8 Å². The summed E-state index contributed by atoms with van der Waals surface area (Å²) in [4.78, 5) is 22.2. The zero-order chi connectivity index (χ0) is 9.84. The molecule has 1 aromatic heterocycles. The SMILES string of the molecule is COC(=O)Cn1cccc(C)c1=O. The van der Waals surface area contributed by atoms with E-state index in [1.165, 1.54) is 11.7 Å². The molecule has 0 aliphatic rings. The number of nitrogens with zero attached hydrogens (tertiary/aromatic N) is 1. The van der Waals surface area contributed by atoms with Crippen molar-refractivity contribution in [3.05, 3.63) is 34.2 Å². The second-order valence-corrected chi connectivity index (χ2v) is 2.70. The first-order chi connectivity index (χ1) is 6.15. The number of rotatable bonds is 2. The number of esters is 1. The molecule has 0 N–H and O–H groups in total. The minimum Gasteiger partial charge on any atom is -0.468 e. The molecule has 0 amide bonds. The first kappa shape index (κ1) is 9.51. The summed E-state index contributed by atoms with van der Waals surface area (Å²) in [7, 11) is 1.29. The fraction of sp³-hybridized carbons (Fsp3) is 0.333. The molecular formula is C9H11NO3. The van der Waals surface area contributed by atoms with E-state index >= 15 is 0 Å². The van der Waals surface area contributed by atoms with Crippen LogP contribution in [-0.4, -0.2) is 17.6 Å². The summed E-state index contributed by atoms with van der Waals surface area (Å²) < 4.78 is 5.77. The molecule has 70 valence electrons. The number of hydrogen-bond donors (Lipinski definition) is 0. The van der Waals surface area contributed by atoms with Crippen molar-refractivity contribution in [1.82, 2.24) is 4.57 Å². The molecule has 1 heterocycles. The number of ether oxygens (including phenoxy) is 1. The van der Waals surface area contributed by atoms with Gasteiger partial charge < -0.3 is 9.30 Å². The molecule has 1 aromatic rings. The number of aromatic nitrogens is 1. The van der Waals surface area contributed by atoms with Gasteiger partial charge in [0.1, 0.15) is 6.54 Å². The molecule has 1 rings (SSSR count). The van der Waals surface area contributed by atoms with Crippen LogP contribution in [0.5, 0.6) is 0 Å². The molecule has 0 aliphatic heterocycles. The van der Waals surface area contributed by atoms with Crippen LogP contribution in [0.1, 0.15) is 5.56 Å². The Labute approximate surface area is 75.8 Å². The summed E-state index contributed by atoms with van der Waals surface area (Å²) >= 11 is 0. The average molecular weight is 181 g/mol. The standard InChI is InChI=1S/C9H11NO3/c1-7-4-3-5-10(9(7)12)6-8(11)13-2/h3-5H,6H2,1-2H3. The van der Waals surface area contributed by atoms with E-state index in [0.29, 0.717) is 5.56 Å². The van der Waals surface area contributed by atoms with Crippen molar-refractivity contribution in [3.8, 4) is 0 Å². The van der Waals surface area contributed by atoms with E-state index in [0.717, 1.165) is 0 Å². The highest BCUT2D eigenvalue weighted by Gasteiger charge is 2.03. The highest BCUT2D eigenvalue weighted by atomic mass is 16.5. The molecule has 0 unspecified atom stereocenters. The van der Waals surface area contributed by atoms with E-state index in [2.05, 4.69) is 4.74 Å². The molecule has 0 spiro atoms. The Bertz CT molecular complexity index is 367. The third-order valence-electron chi connectivity index (χ3n) is 1.74. The zero-order valence-corrected chi connectivity index (χ0v) is 7.61. The van der Waals surface area contributed by atoms with Crippen LogP contribution in [-0.2, 0) is 16.1 Å². The minimum atomic E-state index is -0.423. The van der Waals surface area contributed by atoms with Gasteiger partial charge in [-0.15, -0.1) is 0 Å². The number of pyridine rings is 1. The van der Waals surface area contributed by atoms with Crippen molar-refractivity contribution in [2.24, 2.45) is 0 Å². The number of carbonyl (C=O) groups is 1. The molecule has 0 atom stereocenters. The van der Waals surface area contributed by atoms with E-state index in [1.807, 2.05) is 0 Å². The number of hydrogen-bond acceptors (Lipinski definition) is 3. The molecule has 13 heavy (non-hydrogen) atoms. The summed E-state index contributed by atoms with van der Waals surface area (Å²) in [6.07, 6.45) is 1.56. The van der Waals surface area contributed by atoms with Gasteiger partial charge >= 0.3 is 5.97 Å². The third-order valence-corrected chi connectivity index (χ3v) is 1.74. The molecule has 4 nitrogen and oxygen atoms in total. The third kappa shape index (κ3) is 2.18. The Hall–Kier alpha value is -1.58. The lowest BCUT2D eigenvalue weighted by molar-refractivity contribution is -0.141. The van der Waals surface area contributed by atoms with Crippen LogP contribution in [0.25, 0.3) is 0 Å². The Kier molecular flexibility index (Phi) is 2.84. The molecule has 0 radical (unpaired) electrons. The van der Waals surface area contributed by atoms with Crippen molar-refractivity contribution < 1.29 is 9.53 Å². The monoisotopic (exact) mass is 181 g/mol. The van der Waals surface area contributed by atoms with Gasteiger partial charge in [0.25, 0.3) is 5.56 Å². The van der Waals surface area contributed by atoms with Crippen molar-refractivity contribution in [1.29, 1.82) is 0 Å². The van der Waals surface area contributed by atoms with Crippen molar-refractivity contribution in [3.63, 3.8) is 0 Å². The first-order valence-corrected chi connectivity index (χ1v) is 3.88. The number of methoxy groups -OCH3 is 1. The van der Waals surface area contributed by atoms with E-state index in [4.69, 9.17) is 0 Å². The quantitative estimate of drug-likeness (QED) is 0.618. The van der Waals surface area contributed by atoms with E-state index < -0.39 is 5.97 Å². The van der Waals surface area contributed by atoms with Crippen LogP contribution >= 0.6 is 0 Å². The minimum absolute atomic E-state index is 0.0307. The fourth-order valence-electron chi connectivity index (χ4n) is 0.985. The van der Waals surface area contributed by atoms with Gasteiger partial charge in [-0.2, -0.15) is 0 Å². The fourth-order valence-corrected chi connectivity index (χ4v) is 0.985. The summed E-state index contributed by atoms with van der Waals surface area (Å²) in [5.74, 6) is -0.423. The number of aryl methyl sites for hydroxylation is 1. The van der Waals surface area contributed by atoms with E-state index in [9.17, 15) is 9.59 Å². The Balaban J connectivity index is 2.96. The lowest BCUT2D eigenvalue weighted by Gasteiger charge is -2.03. The lowest BCUT2D eigenvalue weighted by atomic mass is 10.3. The molecule has 4 heteroatoms. The molecule has 0 saturated heterocycles. The van der Waals surface area contributed by atoms with Crippen LogP contribution in [0, 0.1) is 6.92 Å². The van der Waals surface area contributed by atoms with Crippen molar-refractivity contribution in [2.45, 2.75) is 13.5 Å². The highest BCUT2D eigenvalue weighted by molar-refractivity contribution is 5.68. The summed E-state index contributed by atoms with van der Waals surface area (Å²) in [6, 6.07) is 3.43. The molecule has 0 bridgehead atoms. The topological polar surface area (TPSA) is 48.3 Å². The van der Waals surface area contributed by atoms with Gasteiger partial charge in [-0.3, -0.25) is 9.59 Å². The molecule has 0 aromatic carbocycles. The molecule has 0 fully saturated rings. The Morgan fingerprint density at radius 3 is 2.92 bits per heavy atom. The molecular weight excluding hydrogens is 170 g/mol. The maximum absolute atomic E-state index is 11.4. The summed E-state index contributed by atoms with van der Waals surface area (Å²) in [5, 5.41) is 0. The second kappa shape index (κ2) is 3.89. The predicted octanol–water partition coefficient (Wildman–Crippen LogP) is 0.330. The van der Waals surface area contributed by atoms with Gasteiger partial charge in [-0.1, -0.05) is 6.07 Å². The van der Waals surface area contributed by atoms with Gasteiger partial charge in [-0.25, -0.2) is 0 Å². The van der Waals surface area contributed by atoms with Crippen LogP contribution in [0.15, 0.2) is 23.1 Å². The summed E-state index contributed by atoms with van der Waals surface area (Å²) in [5.41, 5.74) is 0.458. The number of carbonyl (C=O) groups excluding carboxylic acids is 1. The first-order valence-electron chi connectivity index (χ1n) is 3.88. The highest BCUT2D eigenvalue weighted by Crippen LogP contribution is 1.89. The van der Waals surface area contributed by atoms with Crippen LogP contribution < -0.4 is 5.56 Å². The van der Waals surface area contributed by atoms with Crippen molar-refractivity contribution >= 4 is 5.97 Å². The summed E-state index contributed by atoms with van der Waals surface area (Å²) in [6.45, 7) is 1.67. The van der Waals surface area contributed by atoms with Gasteiger partial charge in [0.2, 0.25) is 0 Å². The predicted molar refractivity (Wildman–Crippen MR) is 47.5 cm³/mol. The second-order valence-electron chi connectivity index (χ2n) is 2.70. The van der Waals surface area contributed by atoms with Gasteiger partial charge in [0.05, 0.1) is 7.11 Å². The normalized spacial score (nSPS) is 9.69. The largest absolute Gasteiger partial charge is 0.468 e. The smallest absolute Gasteiger partial charge is 0.325 e. The van der Waals surface area contributed by atoms with Gasteiger partial charge in [0.15, 0.2) is 0 Å². The Morgan fingerprint density at radius 1 is 1.62 bits per heavy atom. The molecule has 0 aliphatic carbocycles. The van der Waals surface area contributed by atoms with Crippen LogP contribution in [0.4, 0.5) is 0 Å². The molecule has 0 saturated carbocycles. The Morgan fingerprint density at radius 2 is 2.31 bits per heavy atom. The van der Waals surface area contributed by atoms with Crippen LogP contribution in [0.2, 0.25) is 0 Å². The van der Waals surface area contributed by atoms with E-state index in [-0.39, 0.29) is 12.1 Å². The lowest BCUT2D eigenvalue weighted by Crippen LogP contribution is -2.25. The van der Waals surface area contributed by atoms with Crippen molar-refractivity contribution in [2.75, 3.05) is 7.11 Å². The maximum atomic E-state index is 11.4. The average Bonchev–Trinajstić information content (AvgIpc) is 2.13. The maximum Gasteiger partial charge on any atom is 0.325 e. The van der Waals surface area contributed by atoms with E-state index in [1.54, 1.807) is 25.3 Å². The zero-order valence-electron chi connectivity index (χ0n) is 7.61.